The van der Waals surface area contributed by atoms with Crippen LogP contribution in [-0.2, 0) is 47.4 Å². The molecule has 0 aromatic carbocycles. The molecular formula is C54H88O23. The second-order valence-electron chi connectivity index (χ2n) is 27.1. The van der Waals surface area contributed by atoms with Crippen LogP contribution in [0.25, 0.3) is 0 Å². The zero-order valence-corrected chi connectivity index (χ0v) is 45.5. The van der Waals surface area contributed by atoms with E-state index in [2.05, 4.69) is 48.5 Å². The van der Waals surface area contributed by atoms with Gasteiger partial charge in [0.1, 0.15) is 85.5 Å². The molecule has 5 aliphatic heterocycles. The average molecular weight is 1110 g/mol. The average Bonchev–Trinajstić information content (AvgIpc) is 3.94. The van der Waals surface area contributed by atoms with Crippen molar-refractivity contribution in [3.8, 4) is 0 Å². The Labute approximate surface area is 449 Å². The molecule has 77 heavy (non-hydrogen) atoms. The van der Waals surface area contributed by atoms with Gasteiger partial charge in [0, 0.05) is 10.8 Å². The number of aliphatic hydroxyl groups is 12. The van der Waals surface area contributed by atoms with Crippen LogP contribution in [0.2, 0.25) is 0 Å². The molecule has 10 aliphatic rings. The first kappa shape index (κ1) is 58.8. The molecule has 0 amide bonds. The second-order valence-corrected chi connectivity index (χ2v) is 27.1. The standard InChI is InChI=1S/C54H88O23/c1-22-30(58)33(61)36(64)44(70-22)76-41-35(63)32(60)24(20-56)72-46(41)74-39-38(66)40(43(67)68)75-47(42(39)77-45-37(65)34(62)31(59)23(19-55)71-45)73-29-11-12-50(6)25(49(29,4)5)9-13-51(7)26(50)10-14-54-27-17-48(2,3)15-16-53(27,21-69-54)28(57)18-52(51,54)8/h22-42,44-47,55-66H,9-21H2,1-8H3,(H,67,68)/t22-,23+,24+,25-,26+,27+,28+,29-,30-,31+,32-,33+,34-,35-,36+,37-,38-,39-,40-,41+,42+,44-,45?,46-,47+,50-,51+,52-,53+,54-/m0/s1. The van der Waals surface area contributed by atoms with Crippen LogP contribution in [-0.4, -0.2) is 233 Å². The number of hydrogen-bond acceptors (Lipinski definition) is 22. The molecule has 23 nitrogen and oxygen atoms in total. The third kappa shape index (κ3) is 8.87. The quantitative estimate of drug-likeness (QED) is 0.108. The van der Waals surface area contributed by atoms with E-state index < -0.39 is 160 Å². The third-order valence-corrected chi connectivity index (χ3v) is 22.5. The molecule has 2 bridgehead atoms. The lowest BCUT2D eigenvalue weighted by atomic mass is 9.30. The Balaban J connectivity index is 0.969. The van der Waals surface area contributed by atoms with Crippen LogP contribution in [0.1, 0.15) is 120 Å². The van der Waals surface area contributed by atoms with E-state index in [4.69, 9.17) is 42.6 Å². The number of aliphatic hydroxyl groups excluding tert-OH is 12. The van der Waals surface area contributed by atoms with Crippen molar-refractivity contribution in [2.75, 3.05) is 19.8 Å². The van der Waals surface area contributed by atoms with E-state index in [1.807, 2.05) is 0 Å². The van der Waals surface area contributed by atoms with Gasteiger partial charge in [0.2, 0.25) is 0 Å². The zero-order chi connectivity index (χ0) is 56.1. The number of fused-ring (bicyclic) bond motifs is 4. The molecule has 10 rings (SSSR count). The first-order valence-corrected chi connectivity index (χ1v) is 28.1. The van der Waals surface area contributed by atoms with Crippen molar-refractivity contribution in [3.05, 3.63) is 0 Å². The van der Waals surface area contributed by atoms with E-state index >= 15 is 0 Å². The summed E-state index contributed by atoms with van der Waals surface area (Å²) in [7, 11) is 0. The van der Waals surface area contributed by atoms with Gasteiger partial charge in [-0.1, -0.05) is 48.5 Å². The summed E-state index contributed by atoms with van der Waals surface area (Å²) in [5.41, 5.74) is -1.95. The summed E-state index contributed by atoms with van der Waals surface area (Å²) in [4.78, 5) is 13.2. The molecule has 0 radical (unpaired) electrons. The molecule has 5 saturated heterocycles. The van der Waals surface area contributed by atoms with Crippen molar-refractivity contribution >= 4 is 5.97 Å². The van der Waals surface area contributed by atoms with Crippen molar-refractivity contribution < 1.29 is 114 Å². The van der Waals surface area contributed by atoms with Crippen LogP contribution in [0.5, 0.6) is 0 Å². The van der Waals surface area contributed by atoms with E-state index in [-0.39, 0.29) is 50.4 Å². The van der Waals surface area contributed by atoms with Gasteiger partial charge in [0.25, 0.3) is 0 Å². The smallest absolute Gasteiger partial charge is 0.335 e. The molecule has 0 aromatic heterocycles. The van der Waals surface area contributed by atoms with E-state index in [9.17, 15) is 71.2 Å². The maximum atomic E-state index is 13.2. The molecule has 5 heterocycles. The van der Waals surface area contributed by atoms with Crippen LogP contribution >= 0.6 is 0 Å². The Bertz CT molecular complexity index is 2140. The number of rotatable bonds is 11. The highest BCUT2D eigenvalue weighted by Crippen LogP contribution is 2.80. The lowest BCUT2D eigenvalue weighted by Gasteiger charge is -2.75. The molecule has 30 atom stereocenters. The van der Waals surface area contributed by atoms with E-state index in [0.717, 1.165) is 44.9 Å². The van der Waals surface area contributed by atoms with Crippen LogP contribution in [0, 0.1) is 50.2 Å². The molecule has 1 spiro atoms. The largest absolute Gasteiger partial charge is 0.479 e. The molecule has 5 aliphatic carbocycles. The Hall–Kier alpha value is -1.37. The molecule has 1 unspecified atom stereocenters. The van der Waals surface area contributed by atoms with Gasteiger partial charge in [-0.2, -0.15) is 0 Å². The topological polar surface area (TPSA) is 363 Å². The van der Waals surface area contributed by atoms with Crippen LogP contribution in [0.4, 0.5) is 0 Å². The number of carboxylic acids is 1. The zero-order valence-electron chi connectivity index (χ0n) is 45.5. The van der Waals surface area contributed by atoms with Crippen molar-refractivity contribution in [2.24, 2.45) is 50.2 Å². The van der Waals surface area contributed by atoms with E-state index in [1.165, 1.54) is 6.92 Å². The first-order valence-electron chi connectivity index (χ1n) is 28.1. The molecule has 10 fully saturated rings. The van der Waals surface area contributed by atoms with Gasteiger partial charge < -0.3 is 109 Å². The maximum Gasteiger partial charge on any atom is 0.335 e. The number of aliphatic carboxylic acids is 1. The Morgan fingerprint density at radius 2 is 1.10 bits per heavy atom. The fraction of sp³-hybridized carbons (Fsp3) is 0.981. The molecular weight excluding hydrogens is 1020 g/mol. The summed E-state index contributed by atoms with van der Waals surface area (Å²) in [6.07, 6.45) is -30.0. The van der Waals surface area contributed by atoms with Crippen molar-refractivity contribution in [2.45, 2.75) is 260 Å². The third-order valence-electron chi connectivity index (χ3n) is 22.5. The van der Waals surface area contributed by atoms with Crippen molar-refractivity contribution in [1.82, 2.24) is 0 Å². The summed E-state index contributed by atoms with van der Waals surface area (Å²) >= 11 is 0. The Morgan fingerprint density at radius 1 is 0.532 bits per heavy atom. The van der Waals surface area contributed by atoms with Gasteiger partial charge >= 0.3 is 5.97 Å². The lowest BCUT2D eigenvalue weighted by Crippen LogP contribution is -2.74. The number of carboxylic acid groups (broad SMARTS) is 1. The Kier molecular flexibility index (Phi) is 15.6. The van der Waals surface area contributed by atoms with Gasteiger partial charge in [-0.25, -0.2) is 4.79 Å². The van der Waals surface area contributed by atoms with Crippen molar-refractivity contribution in [1.29, 1.82) is 0 Å². The molecule has 13 N–H and O–H groups in total. The predicted molar refractivity (Wildman–Crippen MR) is 261 cm³/mol. The maximum absolute atomic E-state index is 13.2. The van der Waals surface area contributed by atoms with Gasteiger partial charge in [-0.3, -0.25) is 0 Å². The summed E-state index contributed by atoms with van der Waals surface area (Å²) in [5, 5.41) is 143. The highest BCUT2D eigenvalue weighted by molar-refractivity contribution is 5.73. The highest BCUT2D eigenvalue weighted by Gasteiger charge is 2.80. The van der Waals surface area contributed by atoms with Gasteiger partial charge in [-0.15, -0.1) is 0 Å². The molecule has 0 aromatic rings. The summed E-state index contributed by atoms with van der Waals surface area (Å²) < 4.78 is 56.4. The predicted octanol–water partition coefficient (Wildman–Crippen LogP) is -1.23. The summed E-state index contributed by atoms with van der Waals surface area (Å²) in [6, 6.07) is 0. The van der Waals surface area contributed by atoms with Gasteiger partial charge in [-0.05, 0) is 111 Å². The fourth-order valence-corrected chi connectivity index (χ4v) is 17.9. The minimum Gasteiger partial charge on any atom is -0.479 e. The van der Waals surface area contributed by atoms with E-state index in [1.54, 1.807) is 0 Å². The number of ether oxygens (including phenoxy) is 9. The number of hydrogen-bond donors (Lipinski definition) is 13. The fourth-order valence-electron chi connectivity index (χ4n) is 17.9. The van der Waals surface area contributed by atoms with Crippen LogP contribution in [0.15, 0.2) is 0 Å². The van der Waals surface area contributed by atoms with Crippen molar-refractivity contribution in [3.63, 3.8) is 0 Å². The molecule has 5 saturated carbocycles. The summed E-state index contributed by atoms with van der Waals surface area (Å²) in [6.45, 7) is 16.3. The minimum absolute atomic E-state index is 0.0214. The monoisotopic (exact) mass is 1100 g/mol. The highest BCUT2D eigenvalue weighted by atomic mass is 16.8. The van der Waals surface area contributed by atoms with Crippen LogP contribution in [0.3, 0.4) is 0 Å². The normalized spacial score (nSPS) is 57.0. The van der Waals surface area contributed by atoms with E-state index in [0.29, 0.717) is 25.9 Å². The molecule has 23 heteroatoms. The molecule has 442 valence electrons. The Morgan fingerprint density at radius 3 is 1.75 bits per heavy atom. The lowest BCUT2D eigenvalue weighted by molar-refractivity contribution is -0.406. The second kappa shape index (κ2) is 20.5. The van der Waals surface area contributed by atoms with Crippen LogP contribution < -0.4 is 0 Å². The number of carbonyl (C=O) groups is 1. The summed E-state index contributed by atoms with van der Waals surface area (Å²) in [5.74, 6) is -1.19. The first-order chi connectivity index (χ1) is 36.0. The van der Waals surface area contributed by atoms with Gasteiger partial charge in [0.05, 0.1) is 43.7 Å². The van der Waals surface area contributed by atoms with Gasteiger partial charge in [0.15, 0.2) is 31.3 Å². The SMILES string of the molecule is C[C@@H]1O[C@@H](O[C@H]2[C@H](O[C@H]3[C@H](O)[C@@H](C(=O)O)O[C@@H](O[C@H]4CC[C@]5(C)[C@H]6CC[C@]78OC[C@@]9(CCC(C)(C)C[C@H]97)[C@H](O)C[C@@]8(C)[C@]6(C)CC[C@H]5C4(C)C)[C@@H]3OC3O[C@H](CO)[C@@H](O)[C@H](O)[C@@H]3O)O[C@H](CO)[C@H](O)[C@@H]2O)[C@H](O)[C@H](O)[C@H]1O. The minimum atomic E-state index is -2.22.